The second-order valence-electron chi connectivity index (χ2n) is 7.31. The third-order valence-corrected chi connectivity index (χ3v) is 5.12. The van der Waals surface area contributed by atoms with Crippen molar-refractivity contribution in [3.05, 3.63) is 76.7 Å². The standard InChI is InChI=1S/C24H24N4O4/c1-2-32-21(29)11-16-7-3-4-9-19(16)27-24(30)23-26-20-14-31-13-18(20)22(28-23)17-8-5-6-15(10-17)12-25/h3-10H,2,11-14,25H2,1H3,(H,27,30). The molecule has 0 fully saturated rings. The van der Waals surface area contributed by atoms with E-state index < -0.39 is 5.91 Å². The Bertz CT molecular complexity index is 1160. The van der Waals surface area contributed by atoms with Crippen LogP contribution in [0.25, 0.3) is 11.3 Å². The fourth-order valence-corrected chi connectivity index (χ4v) is 3.58. The lowest BCUT2D eigenvalue weighted by Crippen LogP contribution is -2.19. The van der Waals surface area contributed by atoms with Crippen LogP contribution in [-0.4, -0.2) is 28.5 Å². The smallest absolute Gasteiger partial charge is 0.310 e. The van der Waals surface area contributed by atoms with Gasteiger partial charge in [0.05, 0.1) is 37.6 Å². The molecule has 8 heteroatoms. The minimum Gasteiger partial charge on any atom is -0.466 e. The summed E-state index contributed by atoms with van der Waals surface area (Å²) in [5.41, 5.74) is 11.0. The summed E-state index contributed by atoms with van der Waals surface area (Å²) in [5, 5.41) is 2.83. The van der Waals surface area contributed by atoms with Crippen LogP contribution in [0.4, 0.5) is 5.69 Å². The summed E-state index contributed by atoms with van der Waals surface area (Å²) in [6.07, 6.45) is 0.0559. The number of rotatable bonds is 7. The van der Waals surface area contributed by atoms with Gasteiger partial charge in [0.1, 0.15) is 0 Å². The highest BCUT2D eigenvalue weighted by atomic mass is 16.5. The Hall–Kier alpha value is -3.62. The van der Waals surface area contributed by atoms with Crippen LogP contribution in [0.2, 0.25) is 0 Å². The molecular weight excluding hydrogens is 408 g/mol. The van der Waals surface area contributed by atoms with Crippen LogP contribution in [0.1, 0.15) is 39.9 Å². The Morgan fingerprint density at radius 3 is 2.78 bits per heavy atom. The van der Waals surface area contributed by atoms with E-state index in [1.54, 1.807) is 31.2 Å². The van der Waals surface area contributed by atoms with E-state index >= 15 is 0 Å². The van der Waals surface area contributed by atoms with E-state index in [1.165, 1.54) is 0 Å². The van der Waals surface area contributed by atoms with Crippen molar-refractivity contribution in [2.75, 3.05) is 11.9 Å². The predicted octanol–water partition coefficient (Wildman–Crippen LogP) is 2.99. The predicted molar refractivity (Wildman–Crippen MR) is 119 cm³/mol. The Kier molecular flexibility index (Phi) is 6.53. The molecule has 0 saturated carbocycles. The number of esters is 1. The minimum absolute atomic E-state index is 0.0355. The normalized spacial score (nSPS) is 12.3. The number of hydrogen-bond donors (Lipinski definition) is 2. The molecule has 2 heterocycles. The molecule has 4 rings (SSSR count). The van der Waals surface area contributed by atoms with E-state index in [9.17, 15) is 9.59 Å². The van der Waals surface area contributed by atoms with Gasteiger partial charge in [0, 0.05) is 23.4 Å². The highest BCUT2D eigenvalue weighted by Crippen LogP contribution is 2.29. The quantitative estimate of drug-likeness (QED) is 0.551. The molecule has 32 heavy (non-hydrogen) atoms. The Balaban J connectivity index is 1.65. The number of nitrogens with one attached hydrogen (secondary N) is 1. The Morgan fingerprint density at radius 1 is 1.12 bits per heavy atom. The van der Waals surface area contributed by atoms with Gasteiger partial charge in [-0.1, -0.05) is 36.4 Å². The molecule has 3 N–H and O–H groups in total. The third-order valence-electron chi connectivity index (χ3n) is 5.12. The van der Waals surface area contributed by atoms with Gasteiger partial charge in [0.25, 0.3) is 5.91 Å². The maximum absolute atomic E-state index is 13.1. The molecule has 1 aliphatic rings. The summed E-state index contributed by atoms with van der Waals surface area (Å²) in [6.45, 7) is 3.17. The molecule has 0 unspecified atom stereocenters. The van der Waals surface area contributed by atoms with Crippen LogP contribution >= 0.6 is 0 Å². The number of nitrogens with zero attached hydrogens (tertiary/aromatic N) is 2. The van der Waals surface area contributed by atoms with Crippen LogP contribution in [0.15, 0.2) is 48.5 Å². The van der Waals surface area contributed by atoms with E-state index in [-0.39, 0.29) is 18.2 Å². The third kappa shape index (κ3) is 4.66. The minimum atomic E-state index is -0.466. The van der Waals surface area contributed by atoms with Gasteiger partial charge in [-0.25, -0.2) is 9.97 Å². The largest absolute Gasteiger partial charge is 0.466 e. The number of para-hydroxylation sites is 1. The number of carbonyl (C=O) groups excluding carboxylic acids is 2. The lowest BCUT2D eigenvalue weighted by Gasteiger charge is -2.12. The number of benzene rings is 2. The summed E-state index contributed by atoms with van der Waals surface area (Å²) in [7, 11) is 0. The highest BCUT2D eigenvalue weighted by Gasteiger charge is 2.24. The molecule has 0 saturated heterocycles. The molecule has 2 aromatic carbocycles. The SMILES string of the molecule is CCOC(=O)Cc1ccccc1NC(=O)c1nc2c(c(-c3cccc(CN)c3)n1)COC2. The van der Waals surface area contributed by atoms with Crippen LogP contribution in [0.3, 0.4) is 0 Å². The van der Waals surface area contributed by atoms with E-state index in [0.717, 1.165) is 16.7 Å². The first-order valence-electron chi connectivity index (χ1n) is 10.4. The lowest BCUT2D eigenvalue weighted by molar-refractivity contribution is -0.142. The molecule has 0 radical (unpaired) electrons. The van der Waals surface area contributed by atoms with Gasteiger partial charge in [-0.3, -0.25) is 9.59 Å². The average molecular weight is 432 g/mol. The van der Waals surface area contributed by atoms with Gasteiger partial charge in [0.2, 0.25) is 5.82 Å². The van der Waals surface area contributed by atoms with Crippen molar-refractivity contribution in [3.8, 4) is 11.3 Å². The van der Waals surface area contributed by atoms with Crippen molar-refractivity contribution in [2.24, 2.45) is 5.73 Å². The van der Waals surface area contributed by atoms with Gasteiger partial charge in [-0.05, 0) is 30.2 Å². The topological polar surface area (TPSA) is 116 Å². The first kappa shape index (κ1) is 21.6. The van der Waals surface area contributed by atoms with Crippen LogP contribution < -0.4 is 11.1 Å². The van der Waals surface area contributed by atoms with Crippen LogP contribution in [-0.2, 0) is 40.4 Å². The van der Waals surface area contributed by atoms with Gasteiger partial charge < -0.3 is 20.5 Å². The van der Waals surface area contributed by atoms with Crippen molar-refractivity contribution in [1.29, 1.82) is 0 Å². The van der Waals surface area contributed by atoms with E-state index in [0.29, 0.717) is 49.0 Å². The van der Waals surface area contributed by atoms with Crippen molar-refractivity contribution in [1.82, 2.24) is 9.97 Å². The number of anilines is 1. The van der Waals surface area contributed by atoms with Gasteiger partial charge >= 0.3 is 5.97 Å². The molecule has 0 bridgehead atoms. The van der Waals surface area contributed by atoms with E-state index in [4.69, 9.17) is 15.2 Å². The number of nitrogens with two attached hydrogens (primary N) is 1. The summed E-state index contributed by atoms with van der Waals surface area (Å²) >= 11 is 0. The monoisotopic (exact) mass is 432 g/mol. The fraction of sp³-hybridized carbons (Fsp3) is 0.250. The van der Waals surface area contributed by atoms with Gasteiger partial charge in [-0.2, -0.15) is 0 Å². The molecule has 1 amide bonds. The van der Waals surface area contributed by atoms with E-state index in [1.807, 2.05) is 24.3 Å². The second kappa shape index (κ2) is 9.67. The first-order chi connectivity index (χ1) is 15.6. The maximum Gasteiger partial charge on any atom is 0.310 e. The van der Waals surface area contributed by atoms with Crippen molar-refractivity contribution < 1.29 is 19.1 Å². The van der Waals surface area contributed by atoms with Crippen molar-refractivity contribution in [3.63, 3.8) is 0 Å². The van der Waals surface area contributed by atoms with Crippen molar-refractivity contribution in [2.45, 2.75) is 33.1 Å². The van der Waals surface area contributed by atoms with Gasteiger partial charge in [0.15, 0.2) is 0 Å². The zero-order valence-electron chi connectivity index (χ0n) is 17.8. The summed E-state index contributed by atoms with van der Waals surface area (Å²) in [5.74, 6) is -0.789. The maximum atomic E-state index is 13.1. The molecule has 1 aromatic heterocycles. The molecule has 0 spiro atoms. The second-order valence-corrected chi connectivity index (χ2v) is 7.31. The van der Waals surface area contributed by atoms with Crippen molar-refractivity contribution >= 4 is 17.6 Å². The number of fused-ring (bicyclic) bond motifs is 1. The molecule has 0 aliphatic carbocycles. The summed E-state index contributed by atoms with van der Waals surface area (Å²) in [4.78, 5) is 34.0. The molecule has 3 aromatic rings. The van der Waals surface area contributed by atoms with Crippen LogP contribution in [0, 0.1) is 0 Å². The summed E-state index contributed by atoms with van der Waals surface area (Å²) < 4.78 is 10.6. The molecule has 8 nitrogen and oxygen atoms in total. The number of aromatic nitrogens is 2. The number of amides is 1. The number of hydrogen-bond acceptors (Lipinski definition) is 7. The Labute approximate surface area is 185 Å². The van der Waals surface area contributed by atoms with E-state index in [2.05, 4.69) is 15.3 Å². The fourth-order valence-electron chi connectivity index (χ4n) is 3.58. The first-order valence-corrected chi connectivity index (χ1v) is 10.4. The van der Waals surface area contributed by atoms with Crippen LogP contribution in [0.5, 0.6) is 0 Å². The number of carbonyl (C=O) groups is 2. The molecule has 164 valence electrons. The average Bonchev–Trinajstić information content (AvgIpc) is 3.28. The Morgan fingerprint density at radius 2 is 1.97 bits per heavy atom. The summed E-state index contributed by atoms with van der Waals surface area (Å²) in [6, 6.07) is 14.8. The zero-order valence-corrected chi connectivity index (χ0v) is 17.8. The lowest BCUT2D eigenvalue weighted by atomic mass is 10.0. The highest BCUT2D eigenvalue weighted by molar-refractivity contribution is 6.02. The number of ether oxygens (including phenoxy) is 2. The molecule has 1 aliphatic heterocycles. The molecule has 0 atom stereocenters. The molecular formula is C24H24N4O4. The van der Waals surface area contributed by atoms with Gasteiger partial charge in [-0.15, -0.1) is 0 Å². The zero-order chi connectivity index (χ0) is 22.5.